The van der Waals surface area contributed by atoms with Crippen LogP contribution in [0.4, 0.5) is 22.0 Å². The normalized spacial score (nSPS) is 12.2. The van der Waals surface area contributed by atoms with E-state index in [-0.39, 0.29) is 5.69 Å². The molecule has 1 aromatic heterocycles. The lowest BCUT2D eigenvalue weighted by Gasteiger charge is -2.16. The minimum absolute atomic E-state index is 0.362. The lowest BCUT2D eigenvalue weighted by atomic mass is 10.0. The second kappa shape index (κ2) is 5.14. The van der Waals surface area contributed by atoms with Crippen molar-refractivity contribution in [2.45, 2.75) is 25.1 Å². The predicted octanol–water partition coefficient (Wildman–Crippen LogP) is 3.27. The molecule has 0 radical (unpaired) electrons. The average molecular weight is 276 g/mol. The predicted molar refractivity (Wildman–Crippen MR) is 49.7 cm³/mol. The van der Waals surface area contributed by atoms with Gasteiger partial charge in [0.15, 0.2) is 0 Å². The van der Waals surface area contributed by atoms with Crippen LogP contribution in [0.5, 0.6) is 0 Å². The molecule has 0 spiro atoms. The second-order valence-corrected chi connectivity index (χ2v) is 3.37. The van der Waals surface area contributed by atoms with Crippen molar-refractivity contribution >= 4 is 11.6 Å². The van der Waals surface area contributed by atoms with Gasteiger partial charge in [-0.05, 0) is 0 Å². The summed E-state index contributed by atoms with van der Waals surface area (Å²) in [5.41, 5.74) is -3.56. The van der Waals surface area contributed by atoms with Gasteiger partial charge in [-0.1, -0.05) is 0 Å². The van der Waals surface area contributed by atoms with Crippen molar-refractivity contribution in [1.29, 1.82) is 0 Å². The number of aliphatic hydroxyl groups is 1. The molecule has 0 saturated carbocycles. The number of alkyl halides is 6. The molecule has 96 valence electrons. The second-order valence-electron chi connectivity index (χ2n) is 3.10. The molecule has 1 N–H and O–H groups in total. The van der Waals surface area contributed by atoms with Crippen molar-refractivity contribution in [1.82, 2.24) is 4.98 Å². The fraction of sp³-hybridized carbons (Fsp3) is 0.444. The molecular weight excluding hydrogens is 269 g/mol. The van der Waals surface area contributed by atoms with Crippen LogP contribution in [0, 0.1) is 0 Å². The van der Waals surface area contributed by atoms with E-state index in [0.717, 1.165) is 0 Å². The van der Waals surface area contributed by atoms with Gasteiger partial charge >= 0.3 is 6.18 Å². The molecule has 0 atom stereocenters. The summed E-state index contributed by atoms with van der Waals surface area (Å²) in [6.45, 7) is -1.15. The summed E-state index contributed by atoms with van der Waals surface area (Å²) >= 11 is 5.31. The molecular formula is C9H7ClF5NO. The minimum Gasteiger partial charge on any atom is -0.392 e. The topological polar surface area (TPSA) is 33.1 Å². The molecule has 8 heteroatoms. The summed E-state index contributed by atoms with van der Waals surface area (Å²) in [6, 6.07) is 0. The van der Waals surface area contributed by atoms with E-state index in [1.54, 1.807) is 0 Å². The van der Waals surface area contributed by atoms with Gasteiger partial charge < -0.3 is 5.11 Å². The van der Waals surface area contributed by atoms with Gasteiger partial charge in [0.1, 0.15) is 0 Å². The number of rotatable bonds is 3. The third kappa shape index (κ3) is 2.84. The van der Waals surface area contributed by atoms with Gasteiger partial charge in [0, 0.05) is 17.3 Å². The SMILES string of the molecule is OCc1c(C(F)(F)F)cnc(CCl)c1C(F)F. The van der Waals surface area contributed by atoms with Crippen molar-refractivity contribution in [2.75, 3.05) is 0 Å². The number of nitrogens with zero attached hydrogens (tertiary/aromatic N) is 1. The molecule has 0 fully saturated rings. The van der Waals surface area contributed by atoms with E-state index >= 15 is 0 Å². The Balaban J connectivity index is 3.52. The third-order valence-electron chi connectivity index (χ3n) is 2.12. The molecule has 0 aliphatic carbocycles. The largest absolute Gasteiger partial charge is 0.418 e. The van der Waals surface area contributed by atoms with Crippen LogP contribution in [-0.2, 0) is 18.7 Å². The van der Waals surface area contributed by atoms with Crippen LogP contribution in [0.1, 0.15) is 28.8 Å². The van der Waals surface area contributed by atoms with Crippen molar-refractivity contribution < 1.29 is 27.1 Å². The summed E-state index contributed by atoms with van der Waals surface area (Å²) < 4.78 is 62.8. The number of pyridine rings is 1. The Morgan fingerprint density at radius 1 is 1.35 bits per heavy atom. The zero-order valence-electron chi connectivity index (χ0n) is 8.23. The Morgan fingerprint density at radius 3 is 2.29 bits per heavy atom. The lowest BCUT2D eigenvalue weighted by molar-refractivity contribution is -0.139. The van der Waals surface area contributed by atoms with Crippen molar-refractivity contribution in [2.24, 2.45) is 0 Å². The van der Waals surface area contributed by atoms with Gasteiger partial charge in [0.2, 0.25) is 0 Å². The highest BCUT2D eigenvalue weighted by molar-refractivity contribution is 6.17. The standard InChI is InChI=1S/C9H7ClF5NO/c10-1-6-7(8(11)12)4(3-17)5(2-16-6)9(13,14)15/h2,8,17H,1,3H2. The van der Waals surface area contributed by atoms with Crippen LogP contribution in [0.15, 0.2) is 6.20 Å². The molecule has 0 saturated heterocycles. The Labute approximate surface area is 98.0 Å². The van der Waals surface area contributed by atoms with E-state index in [2.05, 4.69) is 4.98 Å². The van der Waals surface area contributed by atoms with Gasteiger partial charge in [-0.25, -0.2) is 8.78 Å². The minimum atomic E-state index is -4.85. The van der Waals surface area contributed by atoms with Crippen molar-refractivity contribution in [3.05, 3.63) is 28.6 Å². The molecule has 1 aromatic rings. The first-order chi connectivity index (χ1) is 7.82. The Bertz CT molecular complexity index is 407. The molecule has 0 aliphatic heterocycles. The number of halogens is 6. The maximum absolute atomic E-state index is 12.7. The smallest absolute Gasteiger partial charge is 0.392 e. The van der Waals surface area contributed by atoms with E-state index in [1.807, 2.05) is 0 Å². The van der Waals surface area contributed by atoms with Gasteiger partial charge in [0.05, 0.1) is 23.7 Å². The highest BCUT2D eigenvalue weighted by Crippen LogP contribution is 2.37. The summed E-state index contributed by atoms with van der Waals surface area (Å²) in [6.07, 6.45) is -7.63. The first-order valence-corrected chi connectivity index (χ1v) is 4.89. The number of aromatic nitrogens is 1. The highest BCUT2D eigenvalue weighted by atomic mass is 35.5. The molecule has 2 nitrogen and oxygen atoms in total. The van der Waals surface area contributed by atoms with E-state index in [9.17, 15) is 22.0 Å². The maximum atomic E-state index is 12.7. The first-order valence-electron chi connectivity index (χ1n) is 4.35. The average Bonchev–Trinajstić information content (AvgIpc) is 2.25. The summed E-state index contributed by atoms with van der Waals surface area (Å²) in [5.74, 6) is -0.454. The fourth-order valence-corrected chi connectivity index (χ4v) is 1.60. The van der Waals surface area contributed by atoms with Crippen LogP contribution in [-0.4, -0.2) is 10.1 Å². The molecule has 1 rings (SSSR count). The Hall–Kier alpha value is -0.950. The van der Waals surface area contributed by atoms with E-state index in [0.29, 0.717) is 6.20 Å². The molecule has 0 amide bonds. The maximum Gasteiger partial charge on any atom is 0.418 e. The van der Waals surface area contributed by atoms with E-state index in [4.69, 9.17) is 16.7 Å². The molecule has 0 aliphatic rings. The Morgan fingerprint density at radius 2 is 1.94 bits per heavy atom. The van der Waals surface area contributed by atoms with Crippen molar-refractivity contribution in [3.63, 3.8) is 0 Å². The van der Waals surface area contributed by atoms with Crippen molar-refractivity contribution in [3.8, 4) is 0 Å². The van der Waals surface area contributed by atoms with E-state index < -0.39 is 41.8 Å². The lowest BCUT2D eigenvalue weighted by Crippen LogP contribution is -2.14. The van der Waals surface area contributed by atoms with Crippen LogP contribution < -0.4 is 0 Å². The van der Waals surface area contributed by atoms with Crippen LogP contribution in [0.25, 0.3) is 0 Å². The summed E-state index contributed by atoms with van der Waals surface area (Å²) in [5, 5.41) is 8.83. The fourth-order valence-electron chi connectivity index (χ4n) is 1.39. The van der Waals surface area contributed by atoms with Crippen LogP contribution >= 0.6 is 11.6 Å². The van der Waals surface area contributed by atoms with Crippen LogP contribution in [0.2, 0.25) is 0 Å². The molecule has 0 unspecified atom stereocenters. The van der Waals surface area contributed by atoms with Crippen LogP contribution in [0.3, 0.4) is 0 Å². The molecule has 0 bridgehead atoms. The number of aliphatic hydroxyl groups excluding tert-OH is 1. The third-order valence-corrected chi connectivity index (χ3v) is 2.37. The number of hydrogen-bond donors (Lipinski definition) is 1. The van der Waals surface area contributed by atoms with Gasteiger partial charge in [-0.15, -0.1) is 11.6 Å². The van der Waals surface area contributed by atoms with Gasteiger partial charge in [-0.3, -0.25) is 4.98 Å². The zero-order chi connectivity index (χ0) is 13.2. The summed E-state index contributed by atoms with van der Waals surface area (Å²) in [7, 11) is 0. The number of hydrogen-bond acceptors (Lipinski definition) is 2. The monoisotopic (exact) mass is 275 g/mol. The molecule has 17 heavy (non-hydrogen) atoms. The van der Waals surface area contributed by atoms with Gasteiger partial charge in [0.25, 0.3) is 6.43 Å². The Kier molecular flexibility index (Phi) is 4.26. The zero-order valence-corrected chi connectivity index (χ0v) is 8.99. The highest BCUT2D eigenvalue weighted by Gasteiger charge is 2.36. The molecule has 1 heterocycles. The molecule has 0 aromatic carbocycles. The van der Waals surface area contributed by atoms with Gasteiger partial charge in [-0.2, -0.15) is 13.2 Å². The quantitative estimate of drug-likeness (QED) is 0.678. The first kappa shape index (κ1) is 14.1. The van der Waals surface area contributed by atoms with E-state index in [1.165, 1.54) is 0 Å². The summed E-state index contributed by atoms with van der Waals surface area (Å²) in [4.78, 5) is 3.25.